The molecule has 3 rings (SSSR count). The maximum absolute atomic E-state index is 12.3. The standard InChI is InChI=1S/C14H18N2O4S/c17-13(10-16-5-8-20-14(16)18)15-4-3-12(21-9-6-15)11-2-1-7-19-11/h1-2,7,12H,3-6,8-10H2. The lowest BCUT2D eigenvalue weighted by Crippen LogP contribution is -2.41. The molecular formula is C14H18N2O4S. The number of carbonyl (C=O) groups is 2. The van der Waals surface area contributed by atoms with Gasteiger partial charge in [0.25, 0.3) is 0 Å². The number of thioether (sulfide) groups is 1. The van der Waals surface area contributed by atoms with Crippen LogP contribution in [0.3, 0.4) is 0 Å². The molecule has 0 aliphatic carbocycles. The SMILES string of the molecule is O=C(CN1CCOC1=O)N1CCSC(c2ccco2)CC1. The topological polar surface area (TPSA) is 63.0 Å². The van der Waals surface area contributed by atoms with Gasteiger partial charge in [0.05, 0.1) is 18.1 Å². The normalized spacial score (nSPS) is 23.0. The molecule has 114 valence electrons. The summed E-state index contributed by atoms with van der Waals surface area (Å²) in [5.74, 6) is 1.84. The zero-order chi connectivity index (χ0) is 14.7. The van der Waals surface area contributed by atoms with E-state index in [0.717, 1.165) is 17.9 Å². The molecule has 0 saturated carbocycles. The molecule has 1 atom stereocenters. The zero-order valence-corrected chi connectivity index (χ0v) is 12.5. The first-order valence-corrected chi connectivity index (χ1v) is 8.13. The van der Waals surface area contributed by atoms with Crippen LogP contribution in [-0.4, -0.2) is 60.3 Å². The summed E-state index contributed by atoms with van der Waals surface area (Å²) in [5, 5.41) is 0.301. The number of furan rings is 1. The van der Waals surface area contributed by atoms with Gasteiger partial charge in [-0.05, 0) is 18.6 Å². The predicted molar refractivity (Wildman–Crippen MR) is 78.0 cm³/mol. The first-order valence-electron chi connectivity index (χ1n) is 7.08. The summed E-state index contributed by atoms with van der Waals surface area (Å²) in [4.78, 5) is 27.0. The van der Waals surface area contributed by atoms with Gasteiger partial charge in [0.15, 0.2) is 0 Å². The Bertz CT molecular complexity index is 505. The Morgan fingerprint density at radius 3 is 3.00 bits per heavy atom. The molecule has 2 amide bonds. The van der Waals surface area contributed by atoms with Crippen LogP contribution in [0.2, 0.25) is 0 Å². The van der Waals surface area contributed by atoms with Crippen LogP contribution in [0, 0.1) is 0 Å². The quantitative estimate of drug-likeness (QED) is 0.851. The molecular weight excluding hydrogens is 292 g/mol. The molecule has 1 aromatic heterocycles. The Balaban J connectivity index is 1.54. The minimum absolute atomic E-state index is 0.00505. The number of amides is 2. The molecule has 0 bridgehead atoms. The summed E-state index contributed by atoms with van der Waals surface area (Å²) in [7, 11) is 0. The number of carbonyl (C=O) groups excluding carboxylic acids is 2. The molecule has 0 aromatic carbocycles. The monoisotopic (exact) mass is 310 g/mol. The number of ether oxygens (including phenoxy) is 1. The average molecular weight is 310 g/mol. The second-order valence-corrected chi connectivity index (χ2v) is 6.39. The van der Waals surface area contributed by atoms with Crippen molar-refractivity contribution in [2.24, 2.45) is 0 Å². The van der Waals surface area contributed by atoms with Crippen LogP contribution in [0.5, 0.6) is 0 Å². The second-order valence-electron chi connectivity index (χ2n) is 5.08. The summed E-state index contributed by atoms with van der Waals surface area (Å²) in [6, 6.07) is 3.87. The van der Waals surface area contributed by atoms with Crippen LogP contribution in [0.25, 0.3) is 0 Å². The maximum atomic E-state index is 12.3. The summed E-state index contributed by atoms with van der Waals surface area (Å²) in [5.41, 5.74) is 0. The molecule has 2 saturated heterocycles. The number of hydrogen-bond donors (Lipinski definition) is 0. The fraction of sp³-hybridized carbons (Fsp3) is 0.571. The lowest BCUT2D eigenvalue weighted by atomic mass is 10.2. The van der Waals surface area contributed by atoms with Crippen molar-refractivity contribution in [3.05, 3.63) is 24.2 Å². The lowest BCUT2D eigenvalue weighted by molar-refractivity contribution is -0.131. The van der Waals surface area contributed by atoms with Crippen molar-refractivity contribution in [2.45, 2.75) is 11.7 Å². The van der Waals surface area contributed by atoms with Gasteiger partial charge in [-0.2, -0.15) is 0 Å². The highest BCUT2D eigenvalue weighted by molar-refractivity contribution is 7.99. The van der Waals surface area contributed by atoms with Gasteiger partial charge in [-0.25, -0.2) is 4.79 Å². The van der Waals surface area contributed by atoms with E-state index in [1.54, 1.807) is 6.26 Å². The van der Waals surface area contributed by atoms with E-state index in [9.17, 15) is 9.59 Å². The van der Waals surface area contributed by atoms with Gasteiger partial charge in [-0.3, -0.25) is 9.69 Å². The maximum Gasteiger partial charge on any atom is 0.410 e. The van der Waals surface area contributed by atoms with E-state index >= 15 is 0 Å². The Morgan fingerprint density at radius 1 is 1.38 bits per heavy atom. The molecule has 21 heavy (non-hydrogen) atoms. The highest BCUT2D eigenvalue weighted by Crippen LogP contribution is 2.34. The molecule has 6 nitrogen and oxygen atoms in total. The molecule has 2 fully saturated rings. The fourth-order valence-corrected chi connectivity index (χ4v) is 3.74. The summed E-state index contributed by atoms with van der Waals surface area (Å²) < 4.78 is 10.3. The van der Waals surface area contributed by atoms with Crippen molar-refractivity contribution < 1.29 is 18.7 Å². The van der Waals surface area contributed by atoms with E-state index in [1.807, 2.05) is 28.8 Å². The van der Waals surface area contributed by atoms with Gasteiger partial charge < -0.3 is 14.1 Å². The van der Waals surface area contributed by atoms with Gasteiger partial charge in [0.1, 0.15) is 18.9 Å². The molecule has 1 aromatic rings. The number of nitrogens with zero attached hydrogens (tertiary/aromatic N) is 2. The Morgan fingerprint density at radius 2 is 2.29 bits per heavy atom. The summed E-state index contributed by atoms with van der Waals surface area (Å²) in [6.45, 7) is 2.41. The first-order chi connectivity index (χ1) is 10.2. The van der Waals surface area contributed by atoms with Crippen molar-refractivity contribution in [1.82, 2.24) is 9.80 Å². The molecule has 1 unspecified atom stereocenters. The summed E-state index contributed by atoms with van der Waals surface area (Å²) in [6.07, 6.45) is 2.16. The smallest absolute Gasteiger partial charge is 0.410 e. The van der Waals surface area contributed by atoms with E-state index in [0.29, 0.717) is 31.5 Å². The van der Waals surface area contributed by atoms with Crippen molar-refractivity contribution in [1.29, 1.82) is 0 Å². The average Bonchev–Trinajstić information content (AvgIpc) is 3.07. The Hall–Kier alpha value is -1.63. The number of hydrogen-bond acceptors (Lipinski definition) is 5. The van der Waals surface area contributed by atoms with Crippen LogP contribution in [-0.2, 0) is 9.53 Å². The zero-order valence-electron chi connectivity index (χ0n) is 11.7. The van der Waals surface area contributed by atoms with E-state index < -0.39 is 0 Å². The van der Waals surface area contributed by atoms with Gasteiger partial charge in [-0.15, -0.1) is 11.8 Å². The third-order valence-corrected chi connectivity index (χ3v) is 5.01. The Labute approximate surface area is 127 Å². The van der Waals surface area contributed by atoms with Gasteiger partial charge in [0, 0.05) is 18.8 Å². The molecule has 3 heterocycles. The van der Waals surface area contributed by atoms with Gasteiger partial charge in [-0.1, -0.05) is 0 Å². The second kappa shape index (κ2) is 6.43. The van der Waals surface area contributed by atoms with Crippen LogP contribution >= 0.6 is 11.8 Å². The Kier molecular flexibility index (Phi) is 4.38. The van der Waals surface area contributed by atoms with Crippen molar-refractivity contribution in [2.75, 3.05) is 38.5 Å². The van der Waals surface area contributed by atoms with Gasteiger partial charge in [0.2, 0.25) is 5.91 Å². The molecule has 0 N–H and O–H groups in total. The predicted octanol–water partition coefficient (Wildman–Crippen LogP) is 1.74. The van der Waals surface area contributed by atoms with Crippen molar-refractivity contribution >= 4 is 23.8 Å². The number of rotatable bonds is 3. The molecule has 2 aliphatic rings. The van der Waals surface area contributed by atoms with Crippen LogP contribution in [0.1, 0.15) is 17.4 Å². The van der Waals surface area contributed by atoms with E-state index in [2.05, 4.69) is 0 Å². The van der Waals surface area contributed by atoms with Crippen LogP contribution in [0.4, 0.5) is 4.79 Å². The fourth-order valence-electron chi connectivity index (χ4n) is 2.55. The molecule has 7 heteroatoms. The van der Waals surface area contributed by atoms with E-state index in [4.69, 9.17) is 9.15 Å². The van der Waals surface area contributed by atoms with Crippen molar-refractivity contribution in [3.8, 4) is 0 Å². The lowest BCUT2D eigenvalue weighted by Gasteiger charge is -2.22. The largest absolute Gasteiger partial charge is 0.468 e. The third kappa shape index (κ3) is 3.34. The highest BCUT2D eigenvalue weighted by atomic mass is 32.2. The molecule has 0 spiro atoms. The van der Waals surface area contributed by atoms with Crippen molar-refractivity contribution in [3.63, 3.8) is 0 Å². The van der Waals surface area contributed by atoms with E-state index in [1.165, 1.54) is 4.90 Å². The van der Waals surface area contributed by atoms with Crippen LogP contribution < -0.4 is 0 Å². The third-order valence-electron chi connectivity index (χ3n) is 3.73. The molecule has 0 radical (unpaired) electrons. The van der Waals surface area contributed by atoms with Crippen LogP contribution in [0.15, 0.2) is 22.8 Å². The molecule has 2 aliphatic heterocycles. The summed E-state index contributed by atoms with van der Waals surface area (Å²) >= 11 is 1.81. The highest BCUT2D eigenvalue weighted by Gasteiger charge is 2.28. The minimum Gasteiger partial charge on any atom is -0.468 e. The number of cyclic esters (lactones) is 1. The van der Waals surface area contributed by atoms with E-state index in [-0.39, 0.29) is 18.5 Å². The van der Waals surface area contributed by atoms with Gasteiger partial charge >= 0.3 is 6.09 Å². The minimum atomic E-state index is -0.388. The first kappa shape index (κ1) is 14.3.